The molecule has 1 heterocycles. The van der Waals surface area contributed by atoms with Crippen LogP contribution in [0.3, 0.4) is 0 Å². The minimum absolute atomic E-state index is 0.255. The maximum absolute atomic E-state index is 12.1. The number of nitrogens with zero attached hydrogens (tertiary/aromatic N) is 2. The molecule has 0 N–H and O–H groups in total. The van der Waals surface area contributed by atoms with Crippen molar-refractivity contribution in [2.45, 2.75) is 26.4 Å². The quantitative estimate of drug-likeness (QED) is 0.621. The van der Waals surface area contributed by atoms with E-state index < -0.39 is 11.7 Å². The van der Waals surface area contributed by atoms with Crippen molar-refractivity contribution in [3.05, 3.63) is 36.1 Å². The van der Waals surface area contributed by atoms with Crippen molar-refractivity contribution in [2.75, 3.05) is 11.4 Å². The van der Waals surface area contributed by atoms with Crippen LogP contribution in [0.5, 0.6) is 0 Å². The van der Waals surface area contributed by atoms with Crippen molar-refractivity contribution in [1.82, 2.24) is 4.98 Å². The highest BCUT2D eigenvalue weighted by molar-refractivity contribution is 6.32. The normalized spacial score (nSPS) is 10.9. The van der Waals surface area contributed by atoms with Gasteiger partial charge in [0, 0.05) is 12.7 Å². The third-order valence-electron chi connectivity index (χ3n) is 1.96. The molecule has 1 aromatic heterocycles. The molecule has 0 spiro atoms. The highest BCUT2D eigenvalue weighted by atomic mass is 35.5. The van der Waals surface area contributed by atoms with Crippen LogP contribution in [-0.4, -0.2) is 23.2 Å². The average Bonchev–Trinajstić information content (AvgIpc) is 2.24. The van der Waals surface area contributed by atoms with Crippen LogP contribution in [0.2, 0.25) is 5.15 Å². The Morgan fingerprint density at radius 1 is 1.61 bits per heavy atom. The molecule has 0 saturated carbocycles. The Hall–Kier alpha value is -1.55. The number of carbonyl (C=O) groups excluding carboxylic acids is 1. The van der Waals surface area contributed by atoms with Crippen LogP contribution in [0.1, 0.15) is 20.8 Å². The fraction of sp³-hybridized carbons (Fsp3) is 0.385. The molecule has 0 aromatic carbocycles. The Labute approximate surface area is 112 Å². The fourth-order valence-electron chi connectivity index (χ4n) is 1.30. The second-order valence-corrected chi connectivity index (χ2v) is 5.05. The summed E-state index contributed by atoms with van der Waals surface area (Å²) >= 11 is 5.98. The first-order valence-corrected chi connectivity index (χ1v) is 5.95. The van der Waals surface area contributed by atoms with Crippen LogP contribution in [-0.2, 0) is 4.74 Å². The van der Waals surface area contributed by atoms with E-state index in [1.54, 1.807) is 24.4 Å². The highest BCUT2D eigenvalue weighted by Crippen LogP contribution is 2.24. The van der Waals surface area contributed by atoms with Gasteiger partial charge in [-0.15, -0.1) is 6.58 Å². The molecule has 5 heteroatoms. The van der Waals surface area contributed by atoms with Crippen LogP contribution in [0.25, 0.3) is 0 Å². The number of hydrogen-bond donors (Lipinski definition) is 0. The second-order valence-electron chi connectivity index (χ2n) is 4.69. The minimum Gasteiger partial charge on any atom is -0.443 e. The van der Waals surface area contributed by atoms with Gasteiger partial charge in [0.05, 0.1) is 5.69 Å². The molecular formula is C13H17ClN2O2. The molecule has 0 aliphatic heterocycles. The first-order chi connectivity index (χ1) is 8.35. The predicted molar refractivity (Wildman–Crippen MR) is 73.0 cm³/mol. The van der Waals surface area contributed by atoms with E-state index in [1.165, 1.54) is 4.90 Å². The van der Waals surface area contributed by atoms with Crippen LogP contribution in [0.4, 0.5) is 10.5 Å². The molecule has 0 atom stereocenters. The fourth-order valence-corrected chi connectivity index (χ4v) is 1.52. The van der Waals surface area contributed by atoms with E-state index >= 15 is 0 Å². The number of halogens is 1. The largest absolute Gasteiger partial charge is 0.443 e. The monoisotopic (exact) mass is 268 g/mol. The van der Waals surface area contributed by atoms with Crippen molar-refractivity contribution >= 4 is 23.4 Å². The van der Waals surface area contributed by atoms with Gasteiger partial charge in [-0.1, -0.05) is 17.7 Å². The summed E-state index contributed by atoms with van der Waals surface area (Å²) in [5, 5.41) is 0.255. The minimum atomic E-state index is -0.564. The van der Waals surface area contributed by atoms with Crippen molar-refractivity contribution in [2.24, 2.45) is 0 Å². The summed E-state index contributed by atoms with van der Waals surface area (Å²) in [6.45, 7) is 9.35. The Morgan fingerprint density at radius 2 is 2.28 bits per heavy atom. The number of aromatic nitrogens is 1. The average molecular weight is 269 g/mol. The molecule has 1 aromatic rings. The van der Waals surface area contributed by atoms with E-state index in [2.05, 4.69) is 11.6 Å². The zero-order valence-electron chi connectivity index (χ0n) is 10.8. The van der Waals surface area contributed by atoms with Crippen molar-refractivity contribution < 1.29 is 9.53 Å². The first kappa shape index (κ1) is 14.5. The zero-order valence-corrected chi connectivity index (χ0v) is 11.6. The highest BCUT2D eigenvalue weighted by Gasteiger charge is 2.24. The number of ether oxygens (including phenoxy) is 1. The SMILES string of the molecule is C=CCN(C(=O)OC(C)(C)C)c1cccnc1Cl. The van der Waals surface area contributed by atoms with Gasteiger partial charge in [-0.05, 0) is 32.9 Å². The van der Waals surface area contributed by atoms with E-state index in [0.29, 0.717) is 12.2 Å². The number of amides is 1. The summed E-state index contributed by atoms with van der Waals surface area (Å²) < 4.78 is 5.31. The van der Waals surface area contributed by atoms with Gasteiger partial charge in [-0.2, -0.15) is 0 Å². The molecule has 0 aliphatic rings. The second kappa shape index (κ2) is 5.87. The van der Waals surface area contributed by atoms with Gasteiger partial charge in [0.1, 0.15) is 5.60 Å². The van der Waals surface area contributed by atoms with E-state index in [-0.39, 0.29) is 5.15 Å². The smallest absolute Gasteiger partial charge is 0.415 e. The molecule has 0 unspecified atom stereocenters. The third kappa shape index (κ3) is 4.04. The van der Waals surface area contributed by atoms with Crippen LogP contribution < -0.4 is 4.90 Å². The molecule has 98 valence electrons. The van der Waals surface area contributed by atoms with E-state index in [9.17, 15) is 4.79 Å². The van der Waals surface area contributed by atoms with Crippen molar-refractivity contribution in [3.8, 4) is 0 Å². The number of pyridine rings is 1. The van der Waals surface area contributed by atoms with Gasteiger partial charge in [-0.3, -0.25) is 4.90 Å². The number of carbonyl (C=O) groups is 1. The Bertz CT molecular complexity index is 441. The maximum Gasteiger partial charge on any atom is 0.415 e. The molecule has 0 radical (unpaired) electrons. The summed E-state index contributed by atoms with van der Waals surface area (Å²) in [6.07, 6.45) is 2.69. The molecule has 0 saturated heterocycles. The Balaban J connectivity index is 3.00. The van der Waals surface area contributed by atoms with Gasteiger partial charge in [0.2, 0.25) is 0 Å². The molecular weight excluding hydrogens is 252 g/mol. The summed E-state index contributed by atoms with van der Waals surface area (Å²) in [6, 6.07) is 3.42. The lowest BCUT2D eigenvalue weighted by Crippen LogP contribution is -2.37. The maximum atomic E-state index is 12.1. The number of rotatable bonds is 3. The van der Waals surface area contributed by atoms with Gasteiger partial charge >= 0.3 is 6.09 Å². The molecule has 0 fully saturated rings. The molecule has 18 heavy (non-hydrogen) atoms. The number of hydrogen-bond acceptors (Lipinski definition) is 3. The van der Waals surface area contributed by atoms with Gasteiger partial charge in [-0.25, -0.2) is 9.78 Å². The Morgan fingerprint density at radius 3 is 2.78 bits per heavy atom. The molecule has 4 nitrogen and oxygen atoms in total. The van der Waals surface area contributed by atoms with Crippen LogP contribution >= 0.6 is 11.6 Å². The lowest BCUT2D eigenvalue weighted by molar-refractivity contribution is 0.0584. The standard InChI is InChI=1S/C13H17ClN2O2/c1-5-9-16(12(17)18-13(2,3)4)10-7-6-8-15-11(10)14/h5-8H,1,9H2,2-4H3. The van der Waals surface area contributed by atoms with E-state index in [1.807, 2.05) is 20.8 Å². The van der Waals surface area contributed by atoms with E-state index in [0.717, 1.165) is 0 Å². The summed E-state index contributed by atoms with van der Waals surface area (Å²) in [7, 11) is 0. The Kier molecular flexibility index (Phi) is 4.73. The van der Waals surface area contributed by atoms with Crippen molar-refractivity contribution in [3.63, 3.8) is 0 Å². The lowest BCUT2D eigenvalue weighted by Gasteiger charge is -2.26. The van der Waals surface area contributed by atoms with Crippen molar-refractivity contribution in [1.29, 1.82) is 0 Å². The van der Waals surface area contributed by atoms with E-state index in [4.69, 9.17) is 16.3 Å². The number of anilines is 1. The topological polar surface area (TPSA) is 42.4 Å². The third-order valence-corrected chi connectivity index (χ3v) is 2.25. The van der Waals surface area contributed by atoms with Gasteiger partial charge in [0.25, 0.3) is 0 Å². The molecule has 1 amide bonds. The molecule has 0 aliphatic carbocycles. The van der Waals surface area contributed by atoms with Gasteiger partial charge in [0.15, 0.2) is 5.15 Å². The lowest BCUT2D eigenvalue weighted by atomic mass is 10.2. The summed E-state index contributed by atoms with van der Waals surface area (Å²) in [5.41, 5.74) is -0.0566. The summed E-state index contributed by atoms with van der Waals surface area (Å²) in [4.78, 5) is 17.4. The summed E-state index contributed by atoms with van der Waals surface area (Å²) in [5.74, 6) is 0. The molecule has 1 rings (SSSR count). The first-order valence-electron chi connectivity index (χ1n) is 5.57. The predicted octanol–water partition coefficient (Wildman–Crippen LogP) is 3.66. The zero-order chi connectivity index (χ0) is 13.8. The van der Waals surface area contributed by atoms with Crippen LogP contribution in [0.15, 0.2) is 31.0 Å². The molecule has 0 bridgehead atoms. The van der Waals surface area contributed by atoms with Gasteiger partial charge < -0.3 is 4.74 Å². The van der Waals surface area contributed by atoms with Crippen LogP contribution in [0, 0.1) is 0 Å².